The van der Waals surface area contributed by atoms with Crippen LogP contribution in [0, 0.1) is 0 Å². The highest BCUT2D eigenvalue weighted by Gasteiger charge is 2.12. The molecule has 0 saturated heterocycles. The normalized spacial score (nSPS) is 10.5. The molecule has 11 heavy (non-hydrogen) atoms. The molecule has 0 aromatic carbocycles. The Balaban J connectivity index is 2.78. The second-order valence-electron chi connectivity index (χ2n) is 1.95. The number of thiophene rings is 1. The van der Waals surface area contributed by atoms with E-state index in [1.54, 1.807) is 0 Å². The minimum Gasteiger partial charge on any atom is -0.476 e. The summed E-state index contributed by atoms with van der Waals surface area (Å²) in [5, 5.41) is 10.5. The molecule has 0 spiro atoms. The van der Waals surface area contributed by atoms with Crippen LogP contribution < -0.4 is 0 Å². The molecule has 0 radical (unpaired) electrons. The van der Waals surface area contributed by atoms with Crippen molar-refractivity contribution >= 4 is 38.2 Å². The zero-order valence-electron chi connectivity index (χ0n) is 5.27. The quantitative estimate of drug-likeness (QED) is 0.739. The molecule has 1 N–H and O–H groups in total. The van der Waals surface area contributed by atoms with E-state index in [4.69, 9.17) is 5.11 Å². The van der Waals surface area contributed by atoms with Gasteiger partial charge in [0.15, 0.2) is 5.69 Å². The van der Waals surface area contributed by atoms with E-state index in [0.717, 1.165) is 9.40 Å². The largest absolute Gasteiger partial charge is 0.476 e. The maximum atomic E-state index is 10.5. The third kappa shape index (κ3) is 0.928. The van der Waals surface area contributed by atoms with Gasteiger partial charge in [-0.2, -0.15) is 4.37 Å². The molecule has 0 bridgehead atoms. The van der Waals surface area contributed by atoms with Gasteiger partial charge in [0.2, 0.25) is 0 Å². The van der Waals surface area contributed by atoms with Crippen molar-refractivity contribution in [1.82, 2.24) is 4.37 Å². The Kier molecular flexibility index (Phi) is 1.40. The molecule has 0 unspecified atom stereocenters. The minimum absolute atomic E-state index is 0.181. The van der Waals surface area contributed by atoms with Crippen molar-refractivity contribution in [2.45, 2.75) is 0 Å². The average molecular weight is 185 g/mol. The van der Waals surface area contributed by atoms with Crippen molar-refractivity contribution < 1.29 is 9.90 Å². The minimum atomic E-state index is -0.946. The molecule has 0 saturated carbocycles. The fourth-order valence-corrected chi connectivity index (χ4v) is 2.65. The smallest absolute Gasteiger partial charge is 0.357 e. The summed E-state index contributed by atoms with van der Waals surface area (Å²) in [5.41, 5.74) is 0.181. The predicted octanol–water partition coefficient (Wildman–Crippen LogP) is 2.06. The van der Waals surface area contributed by atoms with E-state index in [0.29, 0.717) is 0 Å². The molecule has 2 heterocycles. The van der Waals surface area contributed by atoms with E-state index in [-0.39, 0.29) is 5.69 Å². The van der Waals surface area contributed by atoms with Crippen molar-refractivity contribution in [3.05, 3.63) is 17.1 Å². The summed E-state index contributed by atoms with van der Waals surface area (Å²) in [7, 11) is 0. The molecule has 0 fully saturated rings. The predicted molar refractivity (Wildman–Crippen MR) is 44.5 cm³/mol. The zero-order chi connectivity index (χ0) is 7.84. The van der Waals surface area contributed by atoms with Crippen LogP contribution >= 0.6 is 22.9 Å². The Morgan fingerprint density at radius 3 is 3.18 bits per heavy atom. The van der Waals surface area contributed by atoms with Crippen molar-refractivity contribution in [3.8, 4) is 0 Å². The number of hydrogen-bond acceptors (Lipinski definition) is 4. The van der Waals surface area contributed by atoms with Crippen LogP contribution in [-0.2, 0) is 0 Å². The molecular formula is C6H3NO2S2. The van der Waals surface area contributed by atoms with E-state index < -0.39 is 5.97 Å². The van der Waals surface area contributed by atoms with Gasteiger partial charge in [0.05, 0.1) is 9.40 Å². The van der Waals surface area contributed by atoms with Gasteiger partial charge in [-0.1, -0.05) is 0 Å². The van der Waals surface area contributed by atoms with Gasteiger partial charge in [0.25, 0.3) is 0 Å². The number of carbonyl (C=O) groups is 1. The lowest BCUT2D eigenvalue weighted by molar-refractivity contribution is 0.0694. The number of rotatable bonds is 1. The van der Waals surface area contributed by atoms with Gasteiger partial charge in [-0.15, -0.1) is 11.3 Å². The lowest BCUT2D eigenvalue weighted by atomic mass is 10.4. The van der Waals surface area contributed by atoms with E-state index in [1.807, 2.05) is 11.4 Å². The highest BCUT2D eigenvalue weighted by atomic mass is 32.1. The Morgan fingerprint density at radius 1 is 1.64 bits per heavy atom. The molecule has 0 amide bonds. The van der Waals surface area contributed by atoms with Gasteiger partial charge in [0.1, 0.15) is 0 Å². The van der Waals surface area contributed by atoms with Crippen molar-refractivity contribution in [1.29, 1.82) is 0 Å². The van der Waals surface area contributed by atoms with E-state index in [9.17, 15) is 4.79 Å². The molecule has 3 nitrogen and oxygen atoms in total. The van der Waals surface area contributed by atoms with Gasteiger partial charge in [-0.05, 0) is 23.0 Å². The Bertz CT molecular complexity index is 403. The third-order valence-electron chi connectivity index (χ3n) is 1.28. The summed E-state index contributed by atoms with van der Waals surface area (Å²) >= 11 is 2.64. The van der Waals surface area contributed by atoms with Crippen LogP contribution in [0.4, 0.5) is 0 Å². The second kappa shape index (κ2) is 2.28. The molecule has 5 heteroatoms. The number of carboxylic acids is 1. The number of aromatic nitrogens is 1. The first-order valence-corrected chi connectivity index (χ1v) is 4.50. The molecule has 0 atom stereocenters. The molecule has 0 aliphatic heterocycles. The van der Waals surface area contributed by atoms with Gasteiger partial charge in [0, 0.05) is 0 Å². The number of fused-ring (bicyclic) bond motifs is 1. The summed E-state index contributed by atoms with van der Waals surface area (Å²) in [6.45, 7) is 0. The maximum Gasteiger partial charge on any atom is 0.357 e. The highest BCUT2D eigenvalue weighted by Crippen LogP contribution is 2.27. The van der Waals surface area contributed by atoms with Crippen LogP contribution in [0.5, 0.6) is 0 Å². The van der Waals surface area contributed by atoms with Crippen LogP contribution in [0.3, 0.4) is 0 Å². The molecule has 2 rings (SSSR count). The standard InChI is InChI=1S/C6H3NO2S2/c8-6(9)4-5-3(11-7-4)1-2-10-5/h1-2H,(H,8,9). The van der Waals surface area contributed by atoms with Crippen LogP contribution in [0.2, 0.25) is 0 Å². The first-order chi connectivity index (χ1) is 5.29. The SMILES string of the molecule is O=C(O)c1nsc2ccsc12. The third-order valence-corrected chi connectivity index (χ3v) is 3.14. The van der Waals surface area contributed by atoms with E-state index in [2.05, 4.69) is 4.37 Å². The van der Waals surface area contributed by atoms with E-state index in [1.165, 1.54) is 22.9 Å². The van der Waals surface area contributed by atoms with Crippen LogP contribution in [0.25, 0.3) is 9.40 Å². The monoisotopic (exact) mass is 185 g/mol. The molecule has 2 aromatic heterocycles. The van der Waals surface area contributed by atoms with Crippen LogP contribution in [0.1, 0.15) is 10.5 Å². The van der Waals surface area contributed by atoms with Crippen LogP contribution in [-0.4, -0.2) is 15.4 Å². The van der Waals surface area contributed by atoms with Crippen LogP contribution in [0.15, 0.2) is 11.4 Å². The van der Waals surface area contributed by atoms with Gasteiger partial charge < -0.3 is 5.11 Å². The summed E-state index contributed by atoms with van der Waals surface area (Å²) < 4.78 is 5.54. The second-order valence-corrected chi connectivity index (χ2v) is 3.67. The fourth-order valence-electron chi connectivity index (χ4n) is 0.814. The maximum absolute atomic E-state index is 10.5. The van der Waals surface area contributed by atoms with Crippen molar-refractivity contribution in [3.63, 3.8) is 0 Å². The fraction of sp³-hybridized carbons (Fsp3) is 0. The van der Waals surface area contributed by atoms with Crippen molar-refractivity contribution in [2.24, 2.45) is 0 Å². The molecular weight excluding hydrogens is 182 g/mol. The molecule has 2 aromatic rings. The summed E-state index contributed by atoms with van der Waals surface area (Å²) in [6, 6.07) is 1.88. The molecule has 0 aliphatic carbocycles. The Labute approximate surface area is 70.1 Å². The van der Waals surface area contributed by atoms with Gasteiger partial charge >= 0.3 is 5.97 Å². The summed E-state index contributed by atoms with van der Waals surface area (Å²) in [4.78, 5) is 10.5. The first kappa shape index (κ1) is 6.75. The highest BCUT2D eigenvalue weighted by molar-refractivity contribution is 7.24. The first-order valence-electron chi connectivity index (χ1n) is 2.85. The summed E-state index contributed by atoms with van der Waals surface area (Å²) in [5.74, 6) is -0.946. The van der Waals surface area contributed by atoms with Gasteiger partial charge in [-0.25, -0.2) is 4.79 Å². The Hall–Kier alpha value is -0.940. The number of nitrogens with zero attached hydrogens (tertiary/aromatic N) is 1. The number of hydrogen-bond donors (Lipinski definition) is 1. The Morgan fingerprint density at radius 2 is 2.45 bits per heavy atom. The molecule has 0 aliphatic rings. The number of carboxylic acid groups (broad SMARTS) is 1. The van der Waals surface area contributed by atoms with Crippen molar-refractivity contribution in [2.75, 3.05) is 0 Å². The summed E-state index contributed by atoms with van der Waals surface area (Å²) in [6.07, 6.45) is 0. The topological polar surface area (TPSA) is 50.2 Å². The van der Waals surface area contributed by atoms with E-state index >= 15 is 0 Å². The molecule has 56 valence electrons. The number of aromatic carboxylic acids is 1. The average Bonchev–Trinajstić information content (AvgIpc) is 2.41. The zero-order valence-corrected chi connectivity index (χ0v) is 6.91. The van der Waals surface area contributed by atoms with Gasteiger partial charge in [-0.3, -0.25) is 0 Å². The lowest BCUT2D eigenvalue weighted by Crippen LogP contribution is -1.94. The lowest BCUT2D eigenvalue weighted by Gasteiger charge is -1.81.